The molecule has 0 saturated heterocycles. The highest BCUT2D eigenvalue weighted by molar-refractivity contribution is 5.81. The first-order valence-electron chi connectivity index (χ1n) is 5.17. The third-order valence-corrected chi connectivity index (χ3v) is 2.66. The van der Waals surface area contributed by atoms with E-state index in [0.29, 0.717) is 0 Å². The lowest BCUT2D eigenvalue weighted by atomic mass is 10.2. The zero-order valence-corrected chi connectivity index (χ0v) is 9.05. The van der Waals surface area contributed by atoms with Crippen LogP contribution in [0.4, 0.5) is 4.39 Å². The highest BCUT2D eigenvalue weighted by Gasteiger charge is 2.05. The second-order valence-electron chi connectivity index (χ2n) is 3.68. The van der Waals surface area contributed by atoms with Crippen molar-refractivity contribution >= 4 is 10.9 Å². The molecule has 0 bridgehead atoms. The number of benzene rings is 1. The van der Waals surface area contributed by atoms with Crippen LogP contribution in [0.25, 0.3) is 10.9 Å². The first-order valence-corrected chi connectivity index (χ1v) is 5.17. The van der Waals surface area contributed by atoms with Gasteiger partial charge in [0.25, 0.3) is 0 Å². The number of halogens is 1. The molecule has 0 saturated carbocycles. The maximum atomic E-state index is 13.0. The van der Waals surface area contributed by atoms with Crippen LogP contribution in [0.2, 0.25) is 0 Å². The molecule has 0 aliphatic carbocycles. The molecule has 1 N–H and O–H groups in total. The fourth-order valence-electron chi connectivity index (χ4n) is 1.78. The first-order chi connectivity index (χ1) is 7.22. The summed E-state index contributed by atoms with van der Waals surface area (Å²) in [6.07, 6.45) is 0. The van der Waals surface area contributed by atoms with Crippen LogP contribution in [-0.2, 0) is 13.6 Å². The predicted molar refractivity (Wildman–Crippen MR) is 60.3 cm³/mol. The number of fused-ring (bicyclic) bond motifs is 1. The molecule has 0 aliphatic heterocycles. The molecular formula is C12H15FN2. The predicted octanol–water partition coefficient (Wildman–Crippen LogP) is 2.43. The minimum Gasteiger partial charge on any atom is -0.346 e. The van der Waals surface area contributed by atoms with E-state index in [1.54, 1.807) is 6.07 Å². The van der Waals surface area contributed by atoms with E-state index in [4.69, 9.17) is 0 Å². The van der Waals surface area contributed by atoms with Crippen LogP contribution in [0, 0.1) is 5.82 Å². The van der Waals surface area contributed by atoms with Gasteiger partial charge in [-0.3, -0.25) is 0 Å². The molecule has 2 aromatic rings. The van der Waals surface area contributed by atoms with Crippen molar-refractivity contribution in [1.29, 1.82) is 0 Å². The molecule has 0 spiro atoms. The largest absolute Gasteiger partial charge is 0.346 e. The van der Waals surface area contributed by atoms with E-state index in [0.717, 1.165) is 24.0 Å². The SMILES string of the molecule is CCNCc1cc2ccc(F)cc2n1C. The Bertz CT molecular complexity index is 474. The second-order valence-corrected chi connectivity index (χ2v) is 3.68. The lowest BCUT2D eigenvalue weighted by Crippen LogP contribution is -2.14. The molecule has 0 radical (unpaired) electrons. The van der Waals surface area contributed by atoms with Gasteiger partial charge < -0.3 is 9.88 Å². The van der Waals surface area contributed by atoms with E-state index < -0.39 is 0 Å². The molecule has 0 unspecified atom stereocenters. The number of hydrogen-bond donors (Lipinski definition) is 1. The molecule has 15 heavy (non-hydrogen) atoms. The smallest absolute Gasteiger partial charge is 0.125 e. The molecule has 0 amide bonds. The van der Waals surface area contributed by atoms with Crippen LogP contribution in [0.5, 0.6) is 0 Å². The summed E-state index contributed by atoms with van der Waals surface area (Å²) in [5.74, 6) is -0.182. The summed E-state index contributed by atoms with van der Waals surface area (Å²) < 4.78 is 15.1. The molecule has 2 nitrogen and oxygen atoms in total. The maximum absolute atomic E-state index is 13.0. The van der Waals surface area contributed by atoms with Gasteiger partial charge in [-0.05, 0) is 30.8 Å². The van der Waals surface area contributed by atoms with Crippen LogP contribution >= 0.6 is 0 Å². The highest BCUT2D eigenvalue weighted by Crippen LogP contribution is 2.19. The molecule has 0 atom stereocenters. The lowest BCUT2D eigenvalue weighted by molar-refractivity contribution is 0.628. The van der Waals surface area contributed by atoms with E-state index in [-0.39, 0.29) is 5.82 Å². The van der Waals surface area contributed by atoms with Gasteiger partial charge in [0.2, 0.25) is 0 Å². The number of rotatable bonds is 3. The van der Waals surface area contributed by atoms with E-state index in [9.17, 15) is 4.39 Å². The quantitative estimate of drug-likeness (QED) is 0.816. The Morgan fingerprint density at radius 1 is 1.33 bits per heavy atom. The van der Waals surface area contributed by atoms with Gasteiger partial charge >= 0.3 is 0 Å². The van der Waals surface area contributed by atoms with Gasteiger partial charge in [0.05, 0.1) is 5.52 Å². The Morgan fingerprint density at radius 2 is 2.13 bits per heavy atom. The van der Waals surface area contributed by atoms with Crippen molar-refractivity contribution in [3.8, 4) is 0 Å². The van der Waals surface area contributed by atoms with Crippen molar-refractivity contribution < 1.29 is 4.39 Å². The normalized spacial score (nSPS) is 11.1. The topological polar surface area (TPSA) is 17.0 Å². The van der Waals surface area contributed by atoms with Crippen molar-refractivity contribution in [2.45, 2.75) is 13.5 Å². The van der Waals surface area contributed by atoms with E-state index in [1.807, 2.05) is 17.7 Å². The fourth-order valence-corrected chi connectivity index (χ4v) is 1.78. The standard InChI is InChI=1S/C12H15FN2/c1-3-14-8-11-6-9-4-5-10(13)7-12(9)15(11)2/h4-7,14H,3,8H2,1-2H3. The van der Waals surface area contributed by atoms with Crippen molar-refractivity contribution in [2.24, 2.45) is 7.05 Å². The van der Waals surface area contributed by atoms with Gasteiger partial charge in [0.15, 0.2) is 0 Å². The molecule has 80 valence electrons. The number of hydrogen-bond acceptors (Lipinski definition) is 1. The Morgan fingerprint density at radius 3 is 2.87 bits per heavy atom. The summed E-state index contributed by atoms with van der Waals surface area (Å²) in [6.45, 7) is 3.83. The minimum absolute atomic E-state index is 0.182. The lowest BCUT2D eigenvalue weighted by Gasteiger charge is -2.04. The van der Waals surface area contributed by atoms with Crippen molar-refractivity contribution in [1.82, 2.24) is 9.88 Å². The van der Waals surface area contributed by atoms with Crippen LogP contribution < -0.4 is 5.32 Å². The first kappa shape index (κ1) is 10.2. The third kappa shape index (κ3) is 1.88. The van der Waals surface area contributed by atoms with Crippen molar-refractivity contribution in [3.63, 3.8) is 0 Å². The average Bonchev–Trinajstić information content (AvgIpc) is 2.53. The zero-order valence-electron chi connectivity index (χ0n) is 9.05. The molecule has 1 aromatic carbocycles. The average molecular weight is 206 g/mol. The molecule has 0 fully saturated rings. The van der Waals surface area contributed by atoms with E-state index in [2.05, 4.69) is 18.3 Å². The fraction of sp³-hybridized carbons (Fsp3) is 0.333. The van der Waals surface area contributed by atoms with Gasteiger partial charge in [0.1, 0.15) is 5.82 Å². The molecule has 2 rings (SSSR count). The summed E-state index contributed by atoms with van der Waals surface area (Å²) in [6, 6.07) is 6.99. The monoisotopic (exact) mass is 206 g/mol. The maximum Gasteiger partial charge on any atom is 0.125 e. The van der Waals surface area contributed by atoms with Crippen LogP contribution in [0.15, 0.2) is 24.3 Å². The van der Waals surface area contributed by atoms with Crippen molar-refractivity contribution in [2.75, 3.05) is 6.54 Å². The Labute approximate surface area is 88.7 Å². The van der Waals surface area contributed by atoms with Crippen LogP contribution in [-0.4, -0.2) is 11.1 Å². The Kier molecular flexibility index (Phi) is 2.73. The number of aromatic nitrogens is 1. The summed E-state index contributed by atoms with van der Waals surface area (Å²) in [7, 11) is 1.97. The minimum atomic E-state index is -0.182. The molecule has 0 aliphatic rings. The van der Waals surface area contributed by atoms with Crippen LogP contribution in [0.3, 0.4) is 0 Å². The van der Waals surface area contributed by atoms with Gasteiger partial charge in [0, 0.05) is 24.7 Å². The zero-order chi connectivity index (χ0) is 10.8. The van der Waals surface area contributed by atoms with Crippen molar-refractivity contribution in [3.05, 3.63) is 35.8 Å². The second kappa shape index (κ2) is 4.03. The van der Waals surface area contributed by atoms with Gasteiger partial charge in [-0.1, -0.05) is 6.92 Å². The van der Waals surface area contributed by atoms with Gasteiger partial charge in [-0.2, -0.15) is 0 Å². The Hall–Kier alpha value is -1.35. The summed E-state index contributed by atoms with van der Waals surface area (Å²) >= 11 is 0. The highest BCUT2D eigenvalue weighted by atomic mass is 19.1. The summed E-state index contributed by atoms with van der Waals surface area (Å²) in [4.78, 5) is 0. The van der Waals surface area contributed by atoms with E-state index in [1.165, 1.54) is 11.8 Å². The van der Waals surface area contributed by atoms with Gasteiger partial charge in [-0.15, -0.1) is 0 Å². The molecule has 3 heteroatoms. The van der Waals surface area contributed by atoms with Crippen LogP contribution in [0.1, 0.15) is 12.6 Å². The molecule has 1 heterocycles. The summed E-state index contributed by atoms with van der Waals surface area (Å²) in [5, 5.41) is 4.36. The molecular weight excluding hydrogens is 191 g/mol. The number of nitrogens with zero attached hydrogens (tertiary/aromatic N) is 1. The third-order valence-electron chi connectivity index (χ3n) is 2.66. The molecule has 1 aromatic heterocycles. The summed E-state index contributed by atoms with van der Waals surface area (Å²) in [5.41, 5.74) is 2.13. The number of nitrogens with one attached hydrogen (secondary N) is 1. The van der Waals surface area contributed by atoms with E-state index >= 15 is 0 Å². The van der Waals surface area contributed by atoms with Gasteiger partial charge in [-0.25, -0.2) is 4.39 Å². The Balaban J connectivity index is 2.45. The number of aryl methyl sites for hydroxylation is 1.